The molecule has 0 fully saturated rings. The average molecular weight is 336 g/mol. The van der Waals surface area contributed by atoms with Crippen LogP contribution in [-0.4, -0.2) is 0 Å². The Balaban J connectivity index is 3.25. The number of aryl methyl sites for hydroxylation is 1. The van der Waals surface area contributed by atoms with Gasteiger partial charge in [0.15, 0.2) is 0 Å². The van der Waals surface area contributed by atoms with Crippen LogP contribution in [0.1, 0.15) is 11.1 Å². The molecule has 0 N–H and O–H groups in total. The summed E-state index contributed by atoms with van der Waals surface area (Å²) in [5.41, 5.74) is 2.32. The van der Waals surface area contributed by atoms with Gasteiger partial charge in [-0.25, -0.2) is 0 Å². The molecule has 0 saturated heterocycles. The molecule has 0 atom stereocenters. The van der Waals surface area contributed by atoms with Crippen LogP contribution in [0.4, 0.5) is 0 Å². The summed E-state index contributed by atoms with van der Waals surface area (Å²) in [4.78, 5) is 0. The zero-order chi connectivity index (χ0) is 9.14. The minimum atomic E-state index is 0.490. The topological polar surface area (TPSA) is 23.8 Å². The highest BCUT2D eigenvalue weighted by Gasteiger charge is 2.05. The lowest BCUT2D eigenvalue weighted by atomic mass is 10.1. The van der Waals surface area contributed by atoms with E-state index in [1.165, 1.54) is 5.56 Å². The fourth-order valence-electron chi connectivity index (χ4n) is 0.985. The SMILES string of the molecule is Cc1ccc(Br)c(I)c1CC#N. The van der Waals surface area contributed by atoms with E-state index in [-0.39, 0.29) is 0 Å². The van der Waals surface area contributed by atoms with E-state index in [0.29, 0.717) is 6.42 Å². The molecular weight excluding hydrogens is 329 g/mol. The fourth-order valence-corrected chi connectivity index (χ4v) is 2.15. The number of hydrogen-bond acceptors (Lipinski definition) is 1. The van der Waals surface area contributed by atoms with Gasteiger partial charge in [0.05, 0.1) is 12.5 Å². The molecule has 0 amide bonds. The fraction of sp³-hybridized carbons (Fsp3) is 0.222. The van der Waals surface area contributed by atoms with Crippen LogP contribution in [0, 0.1) is 21.8 Å². The van der Waals surface area contributed by atoms with Gasteiger partial charge in [0.2, 0.25) is 0 Å². The lowest BCUT2D eigenvalue weighted by Gasteiger charge is -2.05. The molecule has 0 aliphatic carbocycles. The number of halogens is 2. The highest BCUT2D eigenvalue weighted by molar-refractivity contribution is 14.1. The maximum Gasteiger partial charge on any atom is 0.0670 e. The molecule has 0 aliphatic rings. The van der Waals surface area contributed by atoms with Gasteiger partial charge in [0.25, 0.3) is 0 Å². The van der Waals surface area contributed by atoms with Gasteiger partial charge in [-0.2, -0.15) is 5.26 Å². The second-order valence-electron chi connectivity index (χ2n) is 2.49. The van der Waals surface area contributed by atoms with Gasteiger partial charge >= 0.3 is 0 Å². The van der Waals surface area contributed by atoms with Gasteiger partial charge in [-0.05, 0) is 62.6 Å². The van der Waals surface area contributed by atoms with Crippen molar-refractivity contribution in [3.63, 3.8) is 0 Å². The van der Waals surface area contributed by atoms with Crippen molar-refractivity contribution in [2.45, 2.75) is 13.3 Å². The molecule has 0 spiro atoms. The van der Waals surface area contributed by atoms with Gasteiger partial charge in [-0.15, -0.1) is 0 Å². The van der Waals surface area contributed by atoms with E-state index in [9.17, 15) is 0 Å². The normalized spacial score (nSPS) is 9.50. The molecule has 1 aromatic carbocycles. The molecule has 0 unspecified atom stereocenters. The summed E-state index contributed by atoms with van der Waals surface area (Å²) >= 11 is 5.69. The molecule has 0 saturated carbocycles. The molecule has 0 aromatic heterocycles. The number of hydrogen-bond donors (Lipinski definition) is 0. The maximum atomic E-state index is 8.59. The van der Waals surface area contributed by atoms with E-state index in [2.05, 4.69) is 44.6 Å². The number of nitriles is 1. The highest BCUT2D eigenvalue weighted by Crippen LogP contribution is 2.25. The van der Waals surface area contributed by atoms with Crippen molar-refractivity contribution in [3.8, 4) is 6.07 Å². The van der Waals surface area contributed by atoms with Crippen LogP contribution in [0.15, 0.2) is 16.6 Å². The zero-order valence-corrected chi connectivity index (χ0v) is 10.3. The number of rotatable bonds is 1. The molecule has 3 heteroatoms. The first-order valence-electron chi connectivity index (χ1n) is 3.47. The molecule has 1 rings (SSSR count). The molecule has 1 nitrogen and oxygen atoms in total. The standard InChI is InChI=1S/C9H7BrIN/c1-6-2-3-8(10)9(11)7(6)4-5-12/h2-3H,4H2,1H3. The van der Waals surface area contributed by atoms with Crippen LogP contribution < -0.4 is 0 Å². The van der Waals surface area contributed by atoms with Crippen molar-refractivity contribution in [2.24, 2.45) is 0 Å². The third kappa shape index (κ3) is 1.99. The molecule has 0 bridgehead atoms. The Morgan fingerprint density at radius 3 is 2.83 bits per heavy atom. The first-order valence-corrected chi connectivity index (χ1v) is 5.34. The van der Waals surface area contributed by atoms with Crippen LogP contribution in [0.2, 0.25) is 0 Å². The first-order chi connectivity index (χ1) is 5.66. The highest BCUT2D eigenvalue weighted by atomic mass is 127. The van der Waals surface area contributed by atoms with E-state index >= 15 is 0 Å². The van der Waals surface area contributed by atoms with E-state index < -0.39 is 0 Å². The molecular formula is C9H7BrIN. The van der Waals surface area contributed by atoms with Crippen LogP contribution in [0.3, 0.4) is 0 Å². The van der Waals surface area contributed by atoms with Crippen LogP contribution in [-0.2, 0) is 6.42 Å². The quantitative estimate of drug-likeness (QED) is 0.721. The van der Waals surface area contributed by atoms with Crippen molar-refractivity contribution < 1.29 is 0 Å². The second kappa shape index (κ2) is 4.24. The Morgan fingerprint density at radius 2 is 2.25 bits per heavy atom. The van der Waals surface area contributed by atoms with Crippen LogP contribution in [0.5, 0.6) is 0 Å². The largest absolute Gasteiger partial charge is 0.198 e. The summed E-state index contributed by atoms with van der Waals surface area (Å²) in [6.07, 6.45) is 0.490. The van der Waals surface area contributed by atoms with Crippen molar-refractivity contribution >= 4 is 38.5 Å². The second-order valence-corrected chi connectivity index (χ2v) is 4.42. The Hall–Kier alpha value is -0.0800. The predicted octanol–water partition coefficient (Wildman–Crippen LogP) is 3.43. The van der Waals surface area contributed by atoms with Gasteiger partial charge < -0.3 is 0 Å². The van der Waals surface area contributed by atoms with Gasteiger partial charge in [0, 0.05) is 8.04 Å². The minimum Gasteiger partial charge on any atom is -0.198 e. The molecule has 0 radical (unpaired) electrons. The summed E-state index contributed by atoms with van der Waals surface area (Å²) in [7, 11) is 0. The van der Waals surface area contributed by atoms with Crippen molar-refractivity contribution in [1.82, 2.24) is 0 Å². The Kier molecular flexibility index (Phi) is 3.53. The lowest BCUT2D eigenvalue weighted by molar-refractivity contribution is 1.19. The summed E-state index contributed by atoms with van der Waals surface area (Å²) in [6, 6.07) is 6.21. The van der Waals surface area contributed by atoms with E-state index in [4.69, 9.17) is 5.26 Å². The van der Waals surface area contributed by atoms with Crippen LogP contribution >= 0.6 is 38.5 Å². The third-order valence-electron chi connectivity index (χ3n) is 1.69. The Labute approximate surface area is 94.0 Å². The summed E-state index contributed by atoms with van der Waals surface area (Å²) < 4.78 is 2.22. The number of benzene rings is 1. The summed E-state index contributed by atoms with van der Waals surface area (Å²) in [5, 5.41) is 8.59. The average Bonchev–Trinajstić information content (AvgIpc) is 2.06. The Bertz CT molecular complexity index is 341. The van der Waals surface area contributed by atoms with Gasteiger partial charge in [-0.1, -0.05) is 6.07 Å². The van der Waals surface area contributed by atoms with E-state index in [1.54, 1.807) is 0 Å². The first kappa shape index (κ1) is 10.0. The lowest BCUT2D eigenvalue weighted by Crippen LogP contribution is -1.92. The molecule has 0 heterocycles. The monoisotopic (exact) mass is 335 g/mol. The van der Waals surface area contributed by atoms with Crippen molar-refractivity contribution in [3.05, 3.63) is 31.3 Å². The molecule has 12 heavy (non-hydrogen) atoms. The summed E-state index contributed by atoms with van der Waals surface area (Å²) in [6.45, 7) is 2.03. The molecule has 62 valence electrons. The minimum absolute atomic E-state index is 0.490. The van der Waals surface area contributed by atoms with Gasteiger partial charge in [0.1, 0.15) is 0 Å². The molecule has 0 aliphatic heterocycles. The zero-order valence-electron chi connectivity index (χ0n) is 6.56. The Morgan fingerprint density at radius 1 is 1.58 bits per heavy atom. The van der Waals surface area contributed by atoms with E-state index in [1.807, 2.05) is 19.1 Å². The van der Waals surface area contributed by atoms with Crippen molar-refractivity contribution in [2.75, 3.05) is 0 Å². The van der Waals surface area contributed by atoms with E-state index in [0.717, 1.165) is 13.6 Å². The van der Waals surface area contributed by atoms with Crippen LogP contribution in [0.25, 0.3) is 0 Å². The predicted molar refractivity (Wildman–Crippen MR) is 60.9 cm³/mol. The summed E-state index contributed by atoms with van der Waals surface area (Å²) in [5.74, 6) is 0. The maximum absolute atomic E-state index is 8.59. The third-order valence-corrected chi connectivity index (χ3v) is 4.32. The van der Waals surface area contributed by atoms with Crippen molar-refractivity contribution in [1.29, 1.82) is 5.26 Å². The smallest absolute Gasteiger partial charge is 0.0670 e. The molecule has 1 aromatic rings. The number of nitrogens with zero attached hydrogens (tertiary/aromatic N) is 1. The van der Waals surface area contributed by atoms with Gasteiger partial charge in [-0.3, -0.25) is 0 Å².